The van der Waals surface area contributed by atoms with Gasteiger partial charge in [0.1, 0.15) is 0 Å². The third-order valence-corrected chi connectivity index (χ3v) is 1.97. The molecule has 0 fully saturated rings. The molecule has 0 saturated heterocycles. The fourth-order valence-corrected chi connectivity index (χ4v) is 1.43. The Hall–Kier alpha value is 0.190. The maximum atomic E-state index is 10.2. The SMILES string of the molecule is CCCC(CCC)O[PH2]=O. The first-order valence-corrected chi connectivity index (χ1v) is 4.88. The quantitative estimate of drug-likeness (QED) is 0.564. The summed E-state index contributed by atoms with van der Waals surface area (Å²) in [6, 6.07) is 0. The summed E-state index contributed by atoms with van der Waals surface area (Å²) in [5, 5.41) is 0. The van der Waals surface area contributed by atoms with Crippen LogP contribution in [0, 0.1) is 0 Å². The molecular weight excluding hydrogens is 147 g/mol. The zero-order valence-corrected chi connectivity index (χ0v) is 7.95. The molecule has 0 aliphatic rings. The van der Waals surface area contributed by atoms with Crippen molar-refractivity contribution in [3.05, 3.63) is 0 Å². The smallest absolute Gasteiger partial charge is 0.180 e. The Balaban J connectivity index is 3.38. The molecule has 0 aromatic rings. The van der Waals surface area contributed by atoms with Crippen molar-refractivity contribution in [1.29, 1.82) is 0 Å². The van der Waals surface area contributed by atoms with E-state index in [1.807, 2.05) is 0 Å². The van der Waals surface area contributed by atoms with Gasteiger partial charge in [-0.25, -0.2) is 0 Å². The molecule has 0 aromatic heterocycles. The van der Waals surface area contributed by atoms with Crippen LogP contribution in [0.3, 0.4) is 0 Å². The van der Waals surface area contributed by atoms with Gasteiger partial charge in [-0.15, -0.1) is 0 Å². The number of hydrogen-bond acceptors (Lipinski definition) is 2. The lowest BCUT2D eigenvalue weighted by Gasteiger charge is -2.11. The maximum Gasteiger partial charge on any atom is 0.180 e. The molecule has 0 spiro atoms. The van der Waals surface area contributed by atoms with Crippen LogP contribution in [0.1, 0.15) is 39.5 Å². The average molecular weight is 164 g/mol. The van der Waals surface area contributed by atoms with Gasteiger partial charge in [-0.2, -0.15) is 0 Å². The Morgan fingerprint density at radius 2 is 1.80 bits per heavy atom. The summed E-state index contributed by atoms with van der Waals surface area (Å²) in [4.78, 5) is 0. The van der Waals surface area contributed by atoms with E-state index in [0.29, 0.717) is 0 Å². The lowest BCUT2D eigenvalue weighted by molar-refractivity contribution is 0.199. The Kier molecular flexibility index (Phi) is 7.44. The largest absolute Gasteiger partial charge is 0.329 e. The zero-order valence-electron chi connectivity index (χ0n) is 6.80. The van der Waals surface area contributed by atoms with E-state index >= 15 is 0 Å². The Bertz CT molecular complexity index is 79.7. The van der Waals surface area contributed by atoms with Gasteiger partial charge < -0.3 is 4.52 Å². The molecule has 1 unspecified atom stereocenters. The average Bonchev–Trinajstić information content (AvgIpc) is 1.90. The summed E-state index contributed by atoms with van der Waals surface area (Å²) in [6.45, 7) is 4.23. The minimum absolute atomic E-state index is 0.252. The minimum atomic E-state index is -1.01. The molecule has 10 heavy (non-hydrogen) atoms. The molecular formula is C7H17O2P. The van der Waals surface area contributed by atoms with E-state index in [2.05, 4.69) is 13.8 Å². The highest BCUT2D eigenvalue weighted by molar-refractivity contribution is 7.17. The monoisotopic (exact) mass is 164 g/mol. The molecule has 0 aromatic carbocycles. The summed E-state index contributed by atoms with van der Waals surface area (Å²) in [5.74, 6) is 0. The molecule has 0 heterocycles. The van der Waals surface area contributed by atoms with Crippen molar-refractivity contribution >= 4 is 8.69 Å². The van der Waals surface area contributed by atoms with Crippen LogP contribution in [-0.2, 0) is 9.09 Å². The number of hydrogen-bond donors (Lipinski definition) is 0. The molecule has 0 aliphatic heterocycles. The summed E-state index contributed by atoms with van der Waals surface area (Å²) < 4.78 is 15.2. The third kappa shape index (κ3) is 5.01. The molecule has 0 N–H and O–H groups in total. The number of rotatable bonds is 6. The first-order valence-electron chi connectivity index (χ1n) is 3.94. The van der Waals surface area contributed by atoms with Gasteiger partial charge in [-0.3, -0.25) is 4.57 Å². The fourth-order valence-electron chi connectivity index (χ4n) is 1.00. The Morgan fingerprint density at radius 1 is 1.30 bits per heavy atom. The van der Waals surface area contributed by atoms with Gasteiger partial charge >= 0.3 is 0 Å². The summed E-state index contributed by atoms with van der Waals surface area (Å²) in [7, 11) is -1.01. The Morgan fingerprint density at radius 3 is 2.10 bits per heavy atom. The van der Waals surface area contributed by atoms with Crippen LogP contribution in [-0.4, -0.2) is 6.10 Å². The summed E-state index contributed by atoms with van der Waals surface area (Å²) in [6.07, 6.45) is 4.57. The topological polar surface area (TPSA) is 26.3 Å². The molecule has 0 radical (unpaired) electrons. The standard InChI is InChI=1S/C7H17O2P/c1-3-5-7(6-4-2)9-10-8/h7H,3-6,10H2,1-2H3. The lowest BCUT2D eigenvalue weighted by Crippen LogP contribution is -2.05. The van der Waals surface area contributed by atoms with Gasteiger partial charge in [0.15, 0.2) is 8.69 Å². The van der Waals surface area contributed by atoms with Crippen LogP contribution < -0.4 is 0 Å². The van der Waals surface area contributed by atoms with Gasteiger partial charge in [0.05, 0.1) is 6.10 Å². The summed E-state index contributed by atoms with van der Waals surface area (Å²) >= 11 is 0. The molecule has 0 saturated carbocycles. The van der Waals surface area contributed by atoms with Crippen molar-refractivity contribution in [2.75, 3.05) is 0 Å². The van der Waals surface area contributed by atoms with Gasteiger partial charge in [-0.1, -0.05) is 26.7 Å². The third-order valence-electron chi connectivity index (χ3n) is 1.47. The Labute approximate surface area is 64.2 Å². The molecule has 0 bridgehead atoms. The minimum Gasteiger partial charge on any atom is -0.329 e. The van der Waals surface area contributed by atoms with Crippen molar-refractivity contribution in [1.82, 2.24) is 0 Å². The van der Waals surface area contributed by atoms with Crippen molar-refractivity contribution in [3.8, 4) is 0 Å². The second-order valence-corrected chi connectivity index (χ2v) is 2.90. The molecule has 1 atom stereocenters. The van der Waals surface area contributed by atoms with Crippen LogP contribution in [0.25, 0.3) is 0 Å². The predicted molar refractivity (Wildman–Crippen MR) is 45.1 cm³/mol. The normalized spacial score (nSPS) is 11.9. The highest BCUT2D eigenvalue weighted by Crippen LogP contribution is 2.13. The van der Waals surface area contributed by atoms with Crippen LogP contribution in [0.4, 0.5) is 0 Å². The van der Waals surface area contributed by atoms with Crippen molar-refractivity contribution in [3.63, 3.8) is 0 Å². The second kappa shape index (κ2) is 7.30. The first-order chi connectivity index (χ1) is 4.85. The highest BCUT2D eigenvalue weighted by Gasteiger charge is 2.04. The van der Waals surface area contributed by atoms with Crippen LogP contribution >= 0.6 is 8.69 Å². The van der Waals surface area contributed by atoms with Gasteiger partial charge in [0, 0.05) is 0 Å². The van der Waals surface area contributed by atoms with E-state index in [1.54, 1.807) is 0 Å². The van der Waals surface area contributed by atoms with E-state index in [1.165, 1.54) is 0 Å². The van der Waals surface area contributed by atoms with Crippen molar-refractivity contribution in [2.24, 2.45) is 0 Å². The second-order valence-electron chi connectivity index (χ2n) is 2.43. The van der Waals surface area contributed by atoms with Gasteiger partial charge in [-0.05, 0) is 12.8 Å². The first kappa shape index (κ1) is 10.2. The van der Waals surface area contributed by atoms with Crippen LogP contribution in [0.15, 0.2) is 0 Å². The van der Waals surface area contributed by atoms with E-state index in [4.69, 9.17) is 4.52 Å². The molecule has 0 aliphatic carbocycles. The van der Waals surface area contributed by atoms with Gasteiger partial charge in [0.25, 0.3) is 0 Å². The molecule has 2 nitrogen and oxygen atoms in total. The lowest BCUT2D eigenvalue weighted by atomic mass is 10.1. The predicted octanol–water partition coefficient (Wildman–Crippen LogP) is 2.64. The van der Waals surface area contributed by atoms with E-state index in [-0.39, 0.29) is 6.10 Å². The molecule has 0 rings (SSSR count). The van der Waals surface area contributed by atoms with Gasteiger partial charge in [0.2, 0.25) is 0 Å². The molecule has 62 valence electrons. The molecule has 0 amide bonds. The maximum absolute atomic E-state index is 10.2. The van der Waals surface area contributed by atoms with E-state index in [0.717, 1.165) is 25.7 Å². The van der Waals surface area contributed by atoms with E-state index in [9.17, 15) is 4.57 Å². The van der Waals surface area contributed by atoms with Crippen LogP contribution in [0.2, 0.25) is 0 Å². The van der Waals surface area contributed by atoms with Crippen LogP contribution in [0.5, 0.6) is 0 Å². The zero-order chi connectivity index (χ0) is 7.82. The van der Waals surface area contributed by atoms with Crippen molar-refractivity contribution < 1.29 is 9.09 Å². The highest BCUT2D eigenvalue weighted by atomic mass is 31.1. The summed E-state index contributed by atoms with van der Waals surface area (Å²) in [5.41, 5.74) is 0. The fraction of sp³-hybridized carbons (Fsp3) is 1.00. The van der Waals surface area contributed by atoms with Crippen molar-refractivity contribution in [2.45, 2.75) is 45.6 Å². The molecule has 3 heteroatoms. The van der Waals surface area contributed by atoms with E-state index < -0.39 is 8.69 Å².